The number of rotatable bonds is 6. The standard InChI is InChI=1S/C22H26N6O6/c1-33-12-3-4-15(34-2)14(9-12)24-20(31)13-10-16(29)25-19-17(13)21(32)27-22(26-19)28-7-5-11(6-8-28)18(23)30/h3-4,9,11,13H,5-8,10H2,1-2H3,(H2,23,30)(H,24,31)(H2,25,26,27,29,32)/t13-/m0/s1. The van der Waals surface area contributed by atoms with Crippen molar-refractivity contribution in [1.29, 1.82) is 0 Å². The molecule has 1 aromatic carbocycles. The summed E-state index contributed by atoms with van der Waals surface area (Å²) in [7, 11) is 2.96. The molecule has 1 saturated heterocycles. The van der Waals surface area contributed by atoms with Crippen LogP contribution in [0.15, 0.2) is 23.0 Å². The molecule has 12 nitrogen and oxygen atoms in total. The van der Waals surface area contributed by atoms with Gasteiger partial charge in [-0.2, -0.15) is 4.98 Å². The monoisotopic (exact) mass is 470 g/mol. The van der Waals surface area contributed by atoms with E-state index in [-0.39, 0.29) is 35.6 Å². The summed E-state index contributed by atoms with van der Waals surface area (Å²) in [5.74, 6) is -1.38. The predicted octanol–water partition coefficient (Wildman–Crippen LogP) is 0.553. The normalized spacial score (nSPS) is 18.0. The smallest absolute Gasteiger partial charge is 0.258 e. The SMILES string of the molecule is COc1ccc(OC)c(NC(=O)[C@H]2CC(=O)Nc3nc(N4CCC(C(N)=O)CC4)[nH]c(=O)c32)c1. The molecule has 34 heavy (non-hydrogen) atoms. The quantitative estimate of drug-likeness (QED) is 0.474. The molecular formula is C22H26N6O6. The van der Waals surface area contributed by atoms with Gasteiger partial charge < -0.3 is 30.7 Å². The van der Waals surface area contributed by atoms with Crippen molar-refractivity contribution in [3.8, 4) is 11.5 Å². The number of piperidine rings is 1. The Morgan fingerprint density at radius 2 is 1.91 bits per heavy atom. The molecular weight excluding hydrogens is 444 g/mol. The highest BCUT2D eigenvalue weighted by molar-refractivity contribution is 6.05. The van der Waals surface area contributed by atoms with Crippen LogP contribution in [0.3, 0.4) is 0 Å². The van der Waals surface area contributed by atoms with Gasteiger partial charge in [-0.05, 0) is 25.0 Å². The molecule has 0 aliphatic carbocycles. The Hall–Kier alpha value is -4.09. The Balaban J connectivity index is 1.61. The Kier molecular flexibility index (Phi) is 6.39. The number of hydrogen-bond acceptors (Lipinski definition) is 8. The number of aromatic nitrogens is 2. The van der Waals surface area contributed by atoms with Gasteiger partial charge in [0.2, 0.25) is 23.7 Å². The summed E-state index contributed by atoms with van der Waals surface area (Å²) in [5, 5.41) is 5.33. The van der Waals surface area contributed by atoms with Crippen molar-refractivity contribution in [2.45, 2.75) is 25.2 Å². The first kappa shape index (κ1) is 23.1. The molecule has 3 heterocycles. The average molecular weight is 470 g/mol. The summed E-state index contributed by atoms with van der Waals surface area (Å²) in [6.45, 7) is 0.950. The third kappa shape index (κ3) is 4.51. The zero-order valence-electron chi connectivity index (χ0n) is 18.8. The summed E-state index contributed by atoms with van der Waals surface area (Å²) >= 11 is 0. The van der Waals surface area contributed by atoms with Gasteiger partial charge in [-0.1, -0.05) is 0 Å². The highest BCUT2D eigenvalue weighted by Gasteiger charge is 2.36. The van der Waals surface area contributed by atoms with Crippen LogP contribution >= 0.6 is 0 Å². The van der Waals surface area contributed by atoms with Crippen LogP contribution in [0.25, 0.3) is 0 Å². The number of carbonyl (C=O) groups excluding carboxylic acids is 3. The van der Waals surface area contributed by atoms with E-state index in [4.69, 9.17) is 15.2 Å². The van der Waals surface area contributed by atoms with Crippen LogP contribution < -0.4 is 36.3 Å². The van der Waals surface area contributed by atoms with Gasteiger partial charge in [0, 0.05) is 31.5 Å². The minimum absolute atomic E-state index is 0.0461. The maximum Gasteiger partial charge on any atom is 0.258 e. The number of methoxy groups -OCH3 is 2. The molecule has 5 N–H and O–H groups in total. The lowest BCUT2D eigenvalue weighted by Crippen LogP contribution is -2.41. The van der Waals surface area contributed by atoms with E-state index in [1.807, 2.05) is 4.90 Å². The summed E-state index contributed by atoms with van der Waals surface area (Å²) in [5.41, 5.74) is 5.29. The average Bonchev–Trinajstić information content (AvgIpc) is 2.83. The van der Waals surface area contributed by atoms with Gasteiger partial charge in [0.1, 0.15) is 17.3 Å². The Morgan fingerprint density at radius 1 is 1.18 bits per heavy atom. The van der Waals surface area contributed by atoms with Crippen molar-refractivity contribution in [2.24, 2.45) is 11.7 Å². The van der Waals surface area contributed by atoms with Crippen LogP contribution in [0.4, 0.5) is 17.5 Å². The van der Waals surface area contributed by atoms with E-state index < -0.39 is 23.3 Å². The van der Waals surface area contributed by atoms with Crippen LogP contribution in [-0.2, 0) is 14.4 Å². The molecule has 0 radical (unpaired) electrons. The van der Waals surface area contributed by atoms with E-state index in [1.165, 1.54) is 14.2 Å². The minimum atomic E-state index is -1.05. The van der Waals surface area contributed by atoms with Gasteiger partial charge >= 0.3 is 0 Å². The van der Waals surface area contributed by atoms with Crippen molar-refractivity contribution < 1.29 is 23.9 Å². The molecule has 2 aromatic rings. The number of anilines is 3. The molecule has 0 bridgehead atoms. The highest BCUT2D eigenvalue weighted by Crippen LogP contribution is 2.34. The van der Waals surface area contributed by atoms with Crippen molar-refractivity contribution in [3.63, 3.8) is 0 Å². The van der Waals surface area contributed by atoms with E-state index in [2.05, 4.69) is 20.6 Å². The first-order valence-electron chi connectivity index (χ1n) is 10.8. The van der Waals surface area contributed by atoms with E-state index >= 15 is 0 Å². The Morgan fingerprint density at radius 3 is 2.56 bits per heavy atom. The van der Waals surface area contributed by atoms with Crippen LogP contribution in [0, 0.1) is 5.92 Å². The van der Waals surface area contributed by atoms with Crippen molar-refractivity contribution in [3.05, 3.63) is 34.1 Å². The van der Waals surface area contributed by atoms with Crippen LogP contribution in [-0.4, -0.2) is 55.0 Å². The number of benzene rings is 1. The van der Waals surface area contributed by atoms with Crippen molar-refractivity contribution in [2.75, 3.05) is 42.8 Å². The maximum absolute atomic E-state index is 13.2. The number of aromatic amines is 1. The van der Waals surface area contributed by atoms with Crippen LogP contribution in [0.1, 0.15) is 30.7 Å². The third-order valence-electron chi connectivity index (χ3n) is 6.12. The van der Waals surface area contributed by atoms with Gasteiger partial charge in [-0.15, -0.1) is 0 Å². The van der Waals surface area contributed by atoms with Crippen LogP contribution in [0.5, 0.6) is 11.5 Å². The number of nitrogens with zero attached hydrogens (tertiary/aromatic N) is 2. The lowest BCUT2D eigenvalue weighted by Gasteiger charge is -2.32. The Bertz CT molecular complexity index is 1190. The first-order valence-corrected chi connectivity index (χ1v) is 10.8. The molecule has 0 saturated carbocycles. The number of fused-ring (bicyclic) bond motifs is 1. The fraction of sp³-hybridized carbons (Fsp3) is 0.409. The van der Waals surface area contributed by atoms with Gasteiger partial charge in [0.05, 0.1) is 31.4 Å². The molecule has 12 heteroatoms. The molecule has 4 rings (SSSR count). The summed E-state index contributed by atoms with van der Waals surface area (Å²) in [6, 6.07) is 4.90. The number of nitrogens with two attached hydrogens (primary N) is 1. The Labute approximate surface area is 194 Å². The molecule has 180 valence electrons. The van der Waals surface area contributed by atoms with Gasteiger partial charge in [-0.3, -0.25) is 24.2 Å². The molecule has 1 fully saturated rings. The van der Waals surface area contributed by atoms with Gasteiger partial charge in [0.25, 0.3) is 5.56 Å². The van der Waals surface area contributed by atoms with Crippen molar-refractivity contribution in [1.82, 2.24) is 9.97 Å². The topological polar surface area (TPSA) is 169 Å². The second-order valence-corrected chi connectivity index (χ2v) is 8.18. The molecule has 1 aromatic heterocycles. The molecule has 3 amide bonds. The number of primary amides is 1. The molecule has 2 aliphatic rings. The number of nitrogens with one attached hydrogen (secondary N) is 3. The van der Waals surface area contributed by atoms with E-state index in [1.54, 1.807) is 18.2 Å². The molecule has 2 aliphatic heterocycles. The summed E-state index contributed by atoms with van der Waals surface area (Å²) in [6.07, 6.45) is 0.866. The molecule has 1 atom stereocenters. The van der Waals surface area contributed by atoms with Crippen molar-refractivity contribution >= 4 is 35.2 Å². The predicted molar refractivity (Wildman–Crippen MR) is 123 cm³/mol. The fourth-order valence-electron chi connectivity index (χ4n) is 4.24. The van der Waals surface area contributed by atoms with Gasteiger partial charge in [0.15, 0.2) is 0 Å². The van der Waals surface area contributed by atoms with Crippen LogP contribution in [0.2, 0.25) is 0 Å². The molecule has 0 unspecified atom stereocenters. The largest absolute Gasteiger partial charge is 0.497 e. The first-order chi connectivity index (χ1) is 16.3. The van der Waals surface area contributed by atoms with E-state index in [0.717, 1.165) is 0 Å². The summed E-state index contributed by atoms with van der Waals surface area (Å²) in [4.78, 5) is 58.9. The fourth-order valence-corrected chi connectivity index (χ4v) is 4.24. The third-order valence-corrected chi connectivity index (χ3v) is 6.12. The molecule has 0 spiro atoms. The second-order valence-electron chi connectivity index (χ2n) is 8.18. The minimum Gasteiger partial charge on any atom is -0.497 e. The van der Waals surface area contributed by atoms with E-state index in [9.17, 15) is 19.2 Å². The second kappa shape index (κ2) is 9.41. The highest BCUT2D eigenvalue weighted by atomic mass is 16.5. The lowest BCUT2D eigenvalue weighted by atomic mass is 9.92. The number of H-pyrrole nitrogens is 1. The van der Waals surface area contributed by atoms with Gasteiger partial charge in [-0.25, -0.2) is 0 Å². The number of amides is 3. The number of hydrogen-bond donors (Lipinski definition) is 4. The number of ether oxygens (including phenoxy) is 2. The van der Waals surface area contributed by atoms with E-state index in [0.29, 0.717) is 43.1 Å². The lowest BCUT2D eigenvalue weighted by molar-refractivity contribution is -0.123. The number of carbonyl (C=O) groups is 3. The maximum atomic E-state index is 13.2. The zero-order chi connectivity index (χ0) is 24.4. The zero-order valence-corrected chi connectivity index (χ0v) is 18.8. The summed E-state index contributed by atoms with van der Waals surface area (Å²) < 4.78 is 10.5.